The lowest BCUT2D eigenvalue weighted by molar-refractivity contribution is 0.211. The molecule has 0 bridgehead atoms. The highest BCUT2D eigenvalue weighted by atomic mass is 32.1. The molecule has 1 N–H and O–H groups in total. The van der Waals surface area contributed by atoms with Gasteiger partial charge in [0.2, 0.25) is 10.8 Å². The number of hydrogen-bond acceptors (Lipinski definition) is 7. The van der Waals surface area contributed by atoms with Crippen molar-refractivity contribution < 1.29 is 9.84 Å². The second-order valence-electron chi connectivity index (χ2n) is 8.40. The Morgan fingerprint density at radius 1 is 1.09 bits per heavy atom. The van der Waals surface area contributed by atoms with Gasteiger partial charge in [-0.3, -0.25) is 4.90 Å². The van der Waals surface area contributed by atoms with Crippen LogP contribution in [0.25, 0.3) is 4.96 Å². The third-order valence-electron chi connectivity index (χ3n) is 6.28. The predicted molar refractivity (Wildman–Crippen MR) is 132 cm³/mol. The van der Waals surface area contributed by atoms with E-state index in [0.29, 0.717) is 0 Å². The molecular formula is C25H29N5O2S. The highest BCUT2D eigenvalue weighted by molar-refractivity contribution is 7.17. The van der Waals surface area contributed by atoms with E-state index in [0.717, 1.165) is 54.0 Å². The quantitative estimate of drug-likeness (QED) is 0.460. The molecule has 7 nitrogen and oxygen atoms in total. The molecule has 172 valence electrons. The fourth-order valence-corrected chi connectivity index (χ4v) is 5.65. The van der Waals surface area contributed by atoms with E-state index in [9.17, 15) is 5.11 Å². The van der Waals surface area contributed by atoms with Gasteiger partial charge in [0.05, 0.1) is 18.0 Å². The molecule has 1 atom stereocenters. The molecule has 0 spiro atoms. The van der Waals surface area contributed by atoms with Crippen LogP contribution < -0.4 is 9.64 Å². The van der Waals surface area contributed by atoms with E-state index >= 15 is 0 Å². The molecule has 33 heavy (non-hydrogen) atoms. The van der Waals surface area contributed by atoms with Crippen molar-refractivity contribution in [2.45, 2.75) is 26.3 Å². The number of benzene rings is 2. The molecule has 1 unspecified atom stereocenters. The lowest BCUT2D eigenvalue weighted by atomic mass is 10.0. The number of rotatable bonds is 6. The van der Waals surface area contributed by atoms with Crippen molar-refractivity contribution in [3.63, 3.8) is 0 Å². The van der Waals surface area contributed by atoms with E-state index in [-0.39, 0.29) is 11.9 Å². The van der Waals surface area contributed by atoms with Crippen LogP contribution in [0.4, 0.5) is 5.69 Å². The van der Waals surface area contributed by atoms with Gasteiger partial charge in [0.15, 0.2) is 5.82 Å². The number of anilines is 1. The minimum Gasteiger partial charge on any atom is -0.497 e. The van der Waals surface area contributed by atoms with Gasteiger partial charge in [-0.05, 0) is 36.8 Å². The summed E-state index contributed by atoms with van der Waals surface area (Å²) in [4.78, 5) is 11.1. The fraction of sp³-hybridized carbons (Fsp3) is 0.360. The summed E-state index contributed by atoms with van der Waals surface area (Å²) in [5, 5.41) is 15.6. The number of fused-ring (bicyclic) bond motifs is 1. The molecule has 0 amide bonds. The van der Waals surface area contributed by atoms with Gasteiger partial charge >= 0.3 is 0 Å². The van der Waals surface area contributed by atoms with Crippen molar-refractivity contribution in [3.05, 3.63) is 70.4 Å². The zero-order valence-corrected chi connectivity index (χ0v) is 20.0. The first kappa shape index (κ1) is 21.7. The van der Waals surface area contributed by atoms with Gasteiger partial charge in [-0.25, -0.2) is 4.98 Å². The molecule has 2 aromatic carbocycles. The maximum Gasteiger partial charge on any atom is 0.230 e. The summed E-state index contributed by atoms with van der Waals surface area (Å²) >= 11 is 1.53. The second kappa shape index (κ2) is 9.03. The highest BCUT2D eigenvalue weighted by Gasteiger charge is 2.32. The topological polar surface area (TPSA) is 66.1 Å². The molecule has 8 heteroatoms. The molecule has 3 heterocycles. The maximum absolute atomic E-state index is 11.1. The predicted octanol–water partition coefficient (Wildman–Crippen LogP) is 4.29. The monoisotopic (exact) mass is 463 g/mol. The van der Waals surface area contributed by atoms with E-state index in [2.05, 4.69) is 63.2 Å². The largest absolute Gasteiger partial charge is 0.497 e. The van der Waals surface area contributed by atoms with E-state index in [1.807, 2.05) is 19.1 Å². The van der Waals surface area contributed by atoms with Crippen LogP contribution in [0.3, 0.4) is 0 Å². The van der Waals surface area contributed by atoms with E-state index in [1.54, 1.807) is 11.6 Å². The van der Waals surface area contributed by atoms with Gasteiger partial charge in [-0.1, -0.05) is 48.1 Å². The second-order valence-corrected chi connectivity index (χ2v) is 9.41. The van der Waals surface area contributed by atoms with Crippen molar-refractivity contribution in [2.75, 3.05) is 38.2 Å². The molecule has 2 aromatic heterocycles. The van der Waals surface area contributed by atoms with Crippen LogP contribution >= 0.6 is 11.3 Å². The number of hydrogen-bond donors (Lipinski definition) is 1. The van der Waals surface area contributed by atoms with Gasteiger partial charge in [-0.15, -0.1) is 5.10 Å². The number of thiazole rings is 1. The highest BCUT2D eigenvalue weighted by Crippen LogP contribution is 2.40. The zero-order valence-electron chi connectivity index (χ0n) is 19.2. The van der Waals surface area contributed by atoms with Crippen molar-refractivity contribution in [3.8, 4) is 11.6 Å². The summed E-state index contributed by atoms with van der Waals surface area (Å²) in [7, 11) is 1.69. The Hall–Kier alpha value is -3.10. The summed E-state index contributed by atoms with van der Waals surface area (Å²) in [5.41, 5.74) is 3.60. The van der Waals surface area contributed by atoms with Gasteiger partial charge in [0.25, 0.3) is 0 Å². The Bertz CT molecular complexity index is 1240. The molecular weight excluding hydrogens is 434 g/mol. The number of aromatic nitrogens is 3. The van der Waals surface area contributed by atoms with E-state index in [4.69, 9.17) is 4.74 Å². The van der Waals surface area contributed by atoms with Crippen LogP contribution in [-0.2, 0) is 6.42 Å². The minimum absolute atomic E-state index is 0.0403. The molecule has 0 saturated carbocycles. The first-order valence-corrected chi connectivity index (χ1v) is 12.2. The van der Waals surface area contributed by atoms with Gasteiger partial charge in [-0.2, -0.15) is 4.52 Å². The normalized spacial score (nSPS) is 15.8. The molecule has 1 aliphatic heterocycles. The summed E-state index contributed by atoms with van der Waals surface area (Å²) in [5.74, 6) is 1.82. The van der Waals surface area contributed by atoms with Crippen LogP contribution in [-0.4, -0.2) is 57.9 Å². The number of methoxy groups -OCH3 is 1. The Morgan fingerprint density at radius 3 is 2.48 bits per heavy atom. The average molecular weight is 464 g/mol. The van der Waals surface area contributed by atoms with Crippen LogP contribution in [0.15, 0.2) is 48.5 Å². The van der Waals surface area contributed by atoms with Crippen molar-refractivity contribution in [2.24, 2.45) is 0 Å². The molecule has 1 aliphatic rings. The molecule has 5 rings (SSSR count). The van der Waals surface area contributed by atoms with Crippen LogP contribution in [0.2, 0.25) is 0 Å². The first-order valence-electron chi connectivity index (χ1n) is 11.3. The molecule has 1 fully saturated rings. The fourth-order valence-electron chi connectivity index (χ4n) is 4.52. The van der Waals surface area contributed by atoms with E-state index in [1.165, 1.54) is 28.2 Å². The molecule has 0 radical (unpaired) electrons. The van der Waals surface area contributed by atoms with Crippen molar-refractivity contribution >= 4 is 22.0 Å². The summed E-state index contributed by atoms with van der Waals surface area (Å²) in [6.45, 7) is 7.73. The van der Waals surface area contributed by atoms with Gasteiger partial charge in [0.1, 0.15) is 5.75 Å². The van der Waals surface area contributed by atoms with Crippen LogP contribution in [0, 0.1) is 6.92 Å². The Kier molecular flexibility index (Phi) is 5.95. The van der Waals surface area contributed by atoms with Gasteiger partial charge in [0, 0.05) is 38.3 Å². The maximum atomic E-state index is 11.1. The third-order valence-corrected chi connectivity index (χ3v) is 7.36. The van der Waals surface area contributed by atoms with Crippen molar-refractivity contribution in [1.82, 2.24) is 19.5 Å². The summed E-state index contributed by atoms with van der Waals surface area (Å²) < 4.78 is 6.89. The minimum atomic E-state index is -0.0403. The SMILES string of the molecule is CCc1nc2sc(C(c3cccc(C)c3)N3CCN(c4ccc(OC)cc4)CC3)c(O)n2n1. The lowest BCUT2D eigenvalue weighted by Crippen LogP contribution is -2.47. The summed E-state index contributed by atoms with van der Waals surface area (Å²) in [6, 6.07) is 16.8. The van der Waals surface area contributed by atoms with Crippen LogP contribution in [0.5, 0.6) is 11.6 Å². The Balaban J connectivity index is 1.44. The average Bonchev–Trinajstić information content (AvgIpc) is 3.39. The Morgan fingerprint density at radius 2 is 1.85 bits per heavy atom. The Labute approximate surface area is 197 Å². The third kappa shape index (κ3) is 4.16. The van der Waals surface area contributed by atoms with Gasteiger partial charge < -0.3 is 14.7 Å². The molecule has 4 aromatic rings. The van der Waals surface area contributed by atoms with E-state index < -0.39 is 0 Å². The summed E-state index contributed by atoms with van der Waals surface area (Å²) in [6.07, 6.45) is 0.748. The standard InChI is InChI=1S/C25H29N5O2S/c1-4-21-26-25-30(27-21)24(31)23(33-25)22(18-7-5-6-17(2)16-18)29-14-12-28(13-15-29)19-8-10-20(32-3)11-9-19/h5-11,16,22,31H,4,12-15H2,1-3H3. The first-order chi connectivity index (χ1) is 16.1. The van der Waals surface area contributed by atoms with Crippen molar-refractivity contribution in [1.29, 1.82) is 0 Å². The number of piperazine rings is 1. The molecule has 1 saturated heterocycles. The number of nitrogens with zero attached hydrogens (tertiary/aromatic N) is 5. The van der Waals surface area contributed by atoms with Crippen LogP contribution in [0.1, 0.15) is 34.8 Å². The number of aryl methyl sites for hydroxylation is 2. The smallest absolute Gasteiger partial charge is 0.230 e. The zero-order chi connectivity index (χ0) is 22.9. The molecule has 0 aliphatic carbocycles. The number of ether oxygens (including phenoxy) is 1. The lowest BCUT2D eigenvalue weighted by Gasteiger charge is -2.40. The number of aromatic hydroxyl groups is 1.